The molecule has 4 rings (SSSR count). The van der Waals surface area contributed by atoms with E-state index in [2.05, 4.69) is 35.9 Å². The van der Waals surface area contributed by atoms with Crippen LogP contribution in [0.4, 0.5) is 0 Å². The van der Waals surface area contributed by atoms with Crippen LogP contribution in [0, 0.1) is 6.92 Å². The number of pyridine rings is 2. The zero-order valence-corrected chi connectivity index (χ0v) is 15.0. The molecular formula is C17H16BrN5O. The molecule has 1 atom stereocenters. The van der Waals surface area contributed by atoms with Crippen LogP contribution in [-0.4, -0.2) is 37.3 Å². The number of halogens is 1. The molecule has 0 aromatic carbocycles. The number of nitrogens with zero attached hydrogens (tertiary/aromatic N) is 4. The number of carbonyl (C=O) groups excluding carboxylic acids is 1. The van der Waals surface area contributed by atoms with Crippen molar-refractivity contribution in [1.82, 2.24) is 24.8 Å². The molecule has 122 valence electrons. The summed E-state index contributed by atoms with van der Waals surface area (Å²) in [5.41, 5.74) is 4.52. The molecule has 1 N–H and O–H groups in total. The van der Waals surface area contributed by atoms with E-state index in [9.17, 15) is 4.79 Å². The lowest BCUT2D eigenvalue weighted by Gasteiger charge is -2.34. The first-order valence-corrected chi connectivity index (χ1v) is 8.61. The molecule has 3 aromatic rings. The Morgan fingerprint density at radius 3 is 3.08 bits per heavy atom. The molecule has 0 saturated heterocycles. The van der Waals surface area contributed by atoms with E-state index in [0.29, 0.717) is 18.0 Å². The first kappa shape index (κ1) is 15.3. The Bertz CT molecular complexity index is 951. The molecule has 0 radical (unpaired) electrons. The number of amides is 1. The molecule has 0 saturated carbocycles. The number of hydrogen-bond acceptors (Lipinski definition) is 4. The normalized spacial score (nSPS) is 17.1. The van der Waals surface area contributed by atoms with E-state index in [1.54, 1.807) is 12.4 Å². The minimum Gasteiger partial charge on any atom is -0.332 e. The summed E-state index contributed by atoms with van der Waals surface area (Å²) in [6, 6.07) is 3.92. The van der Waals surface area contributed by atoms with Crippen molar-refractivity contribution >= 4 is 33.0 Å². The zero-order chi connectivity index (χ0) is 16.8. The molecule has 1 amide bonds. The number of H-pyrrole nitrogens is 1. The molecule has 0 unspecified atom stereocenters. The lowest BCUT2D eigenvalue weighted by atomic mass is 9.98. The van der Waals surface area contributed by atoms with Crippen molar-refractivity contribution in [2.45, 2.75) is 26.3 Å². The van der Waals surface area contributed by atoms with Crippen LogP contribution in [0.5, 0.6) is 0 Å². The third-order valence-electron chi connectivity index (χ3n) is 4.61. The lowest BCUT2D eigenvalue weighted by Crippen LogP contribution is -2.39. The van der Waals surface area contributed by atoms with Gasteiger partial charge in [-0.1, -0.05) is 6.07 Å². The van der Waals surface area contributed by atoms with Gasteiger partial charge in [-0.15, -0.1) is 0 Å². The van der Waals surface area contributed by atoms with Gasteiger partial charge in [0, 0.05) is 35.5 Å². The van der Waals surface area contributed by atoms with Crippen molar-refractivity contribution in [2.75, 3.05) is 6.54 Å². The van der Waals surface area contributed by atoms with E-state index in [1.165, 1.54) is 0 Å². The van der Waals surface area contributed by atoms with Crippen molar-refractivity contribution in [3.63, 3.8) is 0 Å². The summed E-state index contributed by atoms with van der Waals surface area (Å²) in [6.07, 6.45) is 4.27. The molecule has 1 aliphatic rings. The van der Waals surface area contributed by atoms with Crippen LogP contribution in [0.1, 0.15) is 40.4 Å². The van der Waals surface area contributed by atoms with Crippen molar-refractivity contribution in [3.8, 4) is 0 Å². The Kier molecular flexibility index (Phi) is 3.60. The van der Waals surface area contributed by atoms with Gasteiger partial charge >= 0.3 is 0 Å². The minimum absolute atomic E-state index is 0.0241. The maximum absolute atomic E-state index is 13.0. The quantitative estimate of drug-likeness (QED) is 0.697. The van der Waals surface area contributed by atoms with Crippen molar-refractivity contribution in [1.29, 1.82) is 0 Å². The van der Waals surface area contributed by atoms with Crippen LogP contribution < -0.4 is 0 Å². The topological polar surface area (TPSA) is 74.8 Å². The summed E-state index contributed by atoms with van der Waals surface area (Å²) in [6.45, 7) is 4.63. The maximum atomic E-state index is 13.0. The maximum Gasteiger partial charge on any atom is 0.290 e. The van der Waals surface area contributed by atoms with Crippen LogP contribution in [0.15, 0.2) is 29.0 Å². The van der Waals surface area contributed by atoms with E-state index in [1.807, 2.05) is 30.9 Å². The Balaban J connectivity index is 1.71. The molecule has 7 heteroatoms. The monoisotopic (exact) mass is 385 g/mol. The molecule has 0 spiro atoms. The first-order chi connectivity index (χ1) is 11.6. The fourth-order valence-electron chi connectivity index (χ4n) is 3.20. The number of fused-ring (bicyclic) bond motifs is 2. The third-order valence-corrected chi connectivity index (χ3v) is 5.41. The molecule has 1 aliphatic heterocycles. The van der Waals surface area contributed by atoms with E-state index in [4.69, 9.17) is 0 Å². The smallest absolute Gasteiger partial charge is 0.290 e. The number of carbonyl (C=O) groups is 1. The highest BCUT2D eigenvalue weighted by Crippen LogP contribution is 2.29. The highest BCUT2D eigenvalue weighted by molar-refractivity contribution is 9.10. The number of aryl methyl sites for hydroxylation is 1. The molecular weight excluding hydrogens is 370 g/mol. The summed E-state index contributed by atoms with van der Waals surface area (Å²) in [4.78, 5) is 31.0. The zero-order valence-electron chi connectivity index (χ0n) is 13.4. The summed E-state index contributed by atoms with van der Waals surface area (Å²) in [7, 11) is 0. The fourth-order valence-corrected chi connectivity index (χ4v) is 3.50. The van der Waals surface area contributed by atoms with Crippen LogP contribution in [0.25, 0.3) is 11.2 Å². The Labute approximate surface area is 147 Å². The van der Waals surface area contributed by atoms with Crippen LogP contribution >= 0.6 is 15.9 Å². The van der Waals surface area contributed by atoms with Crippen molar-refractivity contribution in [2.24, 2.45) is 0 Å². The molecule has 0 bridgehead atoms. The van der Waals surface area contributed by atoms with E-state index in [-0.39, 0.29) is 11.9 Å². The highest BCUT2D eigenvalue weighted by Gasteiger charge is 2.30. The van der Waals surface area contributed by atoms with E-state index < -0.39 is 0 Å². The Morgan fingerprint density at radius 1 is 1.42 bits per heavy atom. The van der Waals surface area contributed by atoms with E-state index in [0.717, 1.165) is 33.2 Å². The Morgan fingerprint density at radius 2 is 2.25 bits per heavy atom. The highest BCUT2D eigenvalue weighted by atomic mass is 79.9. The average molecular weight is 386 g/mol. The van der Waals surface area contributed by atoms with Crippen LogP contribution in [-0.2, 0) is 6.42 Å². The molecule has 0 aliphatic carbocycles. The van der Waals surface area contributed by atoms with Gasteiger partial charge in [0.05, 0.1) is 11.6 Å². The lowest BCUT2D eigenvalue weighted by molar-refractivity contribution is 0.0665. The average Bonchev–Trinajstić information content (AvgIpc) is 3.03. The molecule has 24 heavy (non-hydrogen) atoms. The Hall–Kier alpha value is -2.28. The summed E-state index contributed by atoms with van der Waals surface area (Å²) < 4.78 is 0.893. The second kappa shape index (κ2) is 5.66. The number of aromatic amines is 1. The van der Waals surface area contributed by atoms with Gasteiger partial charge in [0.15, 0.2) is 11.5 Å². The molecule has 4 heterocycles. The number of rotatable bonds is 1. The number of nitrogens with one attached hydrogen (secondary N) is 1. The largest absolute Gasteiger partial charge is 0.332 e. The van der Waals surface area contributed by atoms with E-state index >= 15 is 0 Å². The van der Waals surface area contributed by atoms with Crippen molar-refractivity contribution < 1.29 is 4.79 Å². The van der Waals surface area contributed by atoms with Gasteiger partial charge in [-0.3, -0.25) is 9.78 Å². The molecule has 0 fully saturated rings. The minimum atomic E-state index is -0.106. The molecule has 6 nitrogen and oxygen atoms in total. The summed E-state index contributed by atoms with van der Waals surface area (Å²) >= 11 is 3.45. The van der Waals surface area contributed by atoms with Gasteiger partial charge < -0.3 is 9.88 Å². The molecule has 3 aromatic heterocycles. The van der Waals surface area contributed by atoms with Gasteiger partial charge in [0.25, 0.3) is 5.91 Å². The summed E-state index contributed by atoms with van der Waals surface area (Å²) in [5.74, 6) is 0.225. The predicted octanol–water partition coefficient (Wildman–Crippen LogP) is 3.18. The van der Waals surface area contributed by atoms with Gasteiger partial charge in [-0.2, -0.15) is 0 Å². The van der Waals surface area contributed by atoms with Crippen molar-refractivity contribution in [3.05, 3.63) is 51.6 Å². The van der Waals surface area contributed by atoms with Gasteiger partial charge in [-0.05, 0) is 47.0 Å². The predicted molar refractivity (Wildman–Crippen MR) is 93.7 cm³/mol. The SMILES string of the molecule is Cc1c(Br)cnc2nc(C(=O)N3CCc4ncccc4[C@H]3C)[nH]c12. The fraction of sp³-hybridized carbons (Fsp3) is 0.294. The number of aromatic nitrogens is 4. The number of hydrogen-bond donors (Lipinski definition) is 1. The van der Waals surface area contributed by atoms with Crippen LogP contribution in [0.3, 0.4) is 0 Å². The second-order valence-electron chi connectivity index (χ2n) is 5.98. The van der Waals surface area contributed by atoms with Gasteiger partial charge in [0.2, 0.25) is 0 Å². The first-order valence-electron chi connectivity index (χ1n) is 7.82. The van der Waals surface area contributed by atoms with Gasteiger partial charge in [-0.25, -0.2) is 9.97 Å². The third kappa shape index (κ3) is 2.31. The second-order valence-corrected chi connectivity index (χ2v) is 6.83. The number of imidazole rings is 1. The summed E-state index contributed by atoms with van der Waals surface area (Å²) in [5, 5.41) is 0. The van der Waals surface area contributed by atoms with Gasteiger partial charge in [0.1, 0.15) is 0 Å². The van der Waals surface area contributed by atoms with Crippen LogP contribution in [0.2, 0.25) is 0 Å². The standard InChI is InChI=1S/C17H16BrN5O/c1-9-12(18)8-20-15-14(9)21-16(22-15)17(24)23-7-5-13-11(10(23)2)4-3-6-19-13/h3-4,6,8,10H,5,7H2,1-2H3,(H,20,21,22)/t10-/m1/s1.